The summed E-state index contributed by atoms with van der Waals surface area (Å²) in [5.74, 6) is 1.01. The minimum atomic E-state index is -0.245. The topological polar surface area (TPSA) is 75.6 Å². The summed E-state index contributed by atoms with van der Waals surface area (Å²) in [4.78, 5) is 38.4. The molecule has 0 saturated carbocycles. The number of carbonyl (C=O) groups is 2. The smallest absolute Gasteiger partial charge is 0.310 e. The number of nitrogens with zero attached hydrogens (tertiary/aromatic N) is 4. The fourth-order valence-corrected chi connectivity index (χ4v) is 5.50. The predicted octanol–water partition coefficient (Wildman–Crippen LogP) is 4.83. The molecule has 1 aromatic heterocycles. The Labute approximate surface area is 210 Å². The van der Waals surface area contributed by atoms with Crippen LogP contribution >= 0.6 is 23.4 Å². The zero-order valence-electron chi connectivity index (χ0n) is 19.5. The van der Waals surface area contributed by atoms with Gasteiger partial charge in [-0.05, 0) is 56.7 Å². The lowest BCUT2D eigenvalue weighted by molar-refractivity contribution is -0.149. The molecule has 2 fully saturated rings. The first-order valence-electron chi connectivity index (χ1n) is 12.0. The number of halogens is 1. The Hall–Kier alpha value is -2.32. The van der Waals surface area contributed by atoms with Gasteiger partial charge in [-0.2, -0.15) is 0 Å². The number of hydrogen-bond donors (Lipinski definition) is 0. The van der Waals surface area contributed by atoms with E-state index in [0.29, 0.717) is 41.3 Å². The van der Waals surface area contributed by atoms with E-state index in [1.54, 1.807) is 11.8 Å². The zero-order chi connectivity index (χ0) is 23.9. The molecule has 2 aliphatic heterocycles. The maximum atomic E-state index is 13.1. The average molecular weight is 503 g/mol. The number of hydrogen-bond acceptors (Lipinski definition) is 7. The number of esters is 1. The summed E-state index contributed by atoms with van der Waals surface area (Å²) >= 11 is 7.80. The maximum absolute atomic E-state index is 13.1. The molecule has 0 spiro atoms. The van der Waals surface area contributed by atoms with Gasteiger partial charge < -0.3 is 14.5 Å². The molecule has 0 aliphatic carbocycles. The van der Waals surface area contributed by atoms with Crippen molar-refractivity contribution in [3.05, 3.63) is 46.6 Å². The van der Waals surface area contributed by atoms with Crippen molar-refractivity contribution in [1.82, 2.24) is 14.9 Å². The third-order valence-corrected chi connectivity index (χ3v) is 7.32. The van der Waals surface area contributed by atoms with Crippen LogP contribution in [0.4, 0.5) is 5.82 Å². The zero-order valence-corrected chi connectivity index (χ0v) is 21.1. The van der Waals surface area contributed by atoms with Crippen LogP contribution < -0.4 is 4.90 Å². The molecule has 1 unspecified atom stereocenters. The van der Waals surface area contributed by atoms with E-state index in [1.807, 2.05) is 30.3 Å². The lowest BCUT2D eigenvalue weighted by Crippen LogP contribution is -2.42. The monoisotopic (exact) mass is 502 g/mol. The van der Waals surface area contributed by atoms with Crippen molar-refractivity contribution < 1.29 is 14.3 Å². The number of aromatic nitrogens is 2. The van der Waals surface area contributed by atoms with Gasteiger partial charge in [0.1, 0.15) is 11.0 Å². The highest BCUT2D eigenvalue weighted by molar-refractivity contribution is 7.98. The summed E-state index contributed by atoms with van der Waals surface area (Å²) in [5.41, 5.74) is 1.64. The molecule has 1 aromatic carbocycles. The molecule has 2 aromatic rings. The van der Waals surface area contributed by atoms with Gasteiger partial charge in [0.25, 0.3) is 5.91 Å². The van der Waals surface area contributed by atoms with Gasteiger partial charge >= 0.3 is 5.97 Å². The maximum Gasteiger partial charge on any atom is 0.310 e. The standard InChI is InChI=1S/C25H31ClN4O3S/c1-2-33-24(32)20-10-7-13-30(16-20)23(31)19-9-6-8-18(14-19)17-34-25-27-21(26)15-22(28-25)29-11-4-3-5-12-29/h6,8-9,14-15,20H,2-5,7,10-13,16-17H2,1H3. The van der Waals surface area contributed by atoms with E-state index in [4.69, 9.17) is 21.3 Å². The highest BCUT2D eigenvalue weighted by Gasteiger charge is 2.29. The third kappa shape index (κ3) is 6.42. The number of anilines is 1. The number of piperidine rings is 2. The van der Waals surface area contributed by atoms with E-state index in [0.717, 1.165) is 37.3 Å². The molecule has 0 bridgehead atoms. The molecule has 1 atom stereocenters. The van der Waals surface area contributed by atoms with Crippen LogP contribution in [0.1, 0.15) is 54.9 Å². The number of rotatable bonds is 7. The van der Waals surface area contributed by atoms with Gasteiger partial charge in [-0.15, -0.1) is 0 Å². The number of amides is 1. The van der Waals surface area contributed by atoms with Crippen LogP contribution in [-0.2, 0) is 15.3 Å². The second-order valence-electron chi connectivity index (χ2n) is 8.71. The average Bonchev–Trinajstić information content (AvgIpc) is 2.87. The van der Waals surface area contributed by atoms with Crippen molar-refractivity contribution in [1.29, 1.82) is 0 Å². The molecule has 2 saturated heterocycles. The Morgan fingerprint density at radius 2 is 1.94 bits per heavy atom. The number of thioether (sulfide) groups is 1. The Balaban J connectivity index is 1.39. The molecular formula is C25H31ClN4O3S. The number of likely N-dealkylation sites (tertiary alicyclic amines) is 1. The molecule has 34 heavy (non-hydrogen) atoms. The highest BCUT2D eigenvalue weighted by Crippen LogP contribution is 2.27. The van der Waals surface area contributed by atoms with Crippen molar-refractivity contribution in [2.75, 3.05) is 37.7 Å². The van der Waals surface area contributed by atoms with Crippen molar-refractivity contribution in [3.8, 4) is 0 Å². The van der Waals surface area contributed by atoms with Crippen LogP contribution in [0.25, 0.3) is 0 Å². The summed E-state index contributed by atoms with van der Waals surface area (Å²) in [5, 5.41) is 1.08. The molecular weight excluding hydrogens is 472 g/mol. The minimum Gasteiger partial charge on any atom is -0.466 e. The summed E-state index contributed by atoms with van der Waals surface area (Å²) in [6, 6.07) is 9.47. The van der Waals surface area contributed by atoms with E-state index >= 15 is 0 Å². The van der Waals surface area contributed by atoms with Crippen LogP contribution in [0.2, 0.25) is 5.15 Å². The summed E-state index contributed by atoms with van der Waals surface area (Å²) < 4.78 is 5.16. The van der Waals surface area contributed by atoms with Crippen molar-refractivity contribution in [2.24, 2.45) is 5.92 Å². The number of benzene rings is 1. The second kappa shape index (κ2) is 11.9. The summed E-state index contributed by atoms with van der Waals surface area (Å²) in [6.45, 7) is 5.22. The third-order valence-electron chi connectivity index (χ3n) is 6.21. The molecule has 2 aliphatic rings. The van der Waals surface area contributed by atoms with E-state index in [-0.39, 0.29) is 17.8 Å². The van der Waals surface area contributed by atoms with Crippen LogP contribution in [-0.4, -0.2) is 59.5 Å². The predicted molar refractivity (Wildman–Crippen MR) is 134 cm³/mol. The molecule has 4 rings (SSSR count). The molecule has 3 heterocycles. The molecule has 0 radical (unpaired) electrons. The van der Waals surface area contributed by atoms with Gasteiger partial charge in [0.05, 0.1) is 12.5 Å². The van der Waals surface area contributed by atoms with Crippen molar-refractivity contribution in [2.45, 2.75) is 49.9 Å². The van der Waals surface area contributed by atoms with Crippen molar-refractivity contribution in [3.63, 3.8) is 0 Å². The van der Waals surface area contributed by atoms with E-state index < -0.39 is 0 Å². The first-order chi connectivity index (χ1) is 16.5. The van der Waals surface area contributed by atoms with Gasteiger partial charge in [-0.3, -0.25) is 9.59 Å². The van der Waals surface area contributed by atoms with Gasteiger partial charge in [-0.25, -0.2) is 9.97 Å². The lowest BCUT2D eigenvalue weighted by atomic mass is 9.97. The van der Waals surface area contributed by atoms with Crippen LogP contribution in [0.3, 0.4) is 0 Å². The van der Waals surface area contributed by atoms with Crippen LogP contribution in [0, 0.1) is 5.92 Å². The fourth-order valence-electron chi connectivity index (χ4n) is 4.47. The summed E-state index contributed by atoms with van der Waals surface area (Å²) in [6.07, 6.45) is 5.16. The molecule has 7 nitrogen and oxygen atoms in total. The molecule has 0 N–H and O–H groups in total. The Kier molecular flexibility index (Phi) is 8.67. The highest BCUT2D eigenvalue weighted by atomic mass is 35.5. The fraction of sp³-hybridized carbons (Fsp3) is 0.520. The first kappa shape index (κ1) is 24.8. The largest absolute Gasteiger partial charge is 0.466 e. The van der Waals surface area contributed by atoms with Gasteiger partial charge in [0, 0.05) is 43.6 Å². The van der Waals surface area contributed by atoms with E-state index in [1.165, 1.54) is 31.0 Å². The molecule has 182 valence electrons. The Bertz CT molecular complexity index is 1020. The van der Waals surface area contributed by atoms with Gasteiger partial charge in [0.2, 0.25) is 0 Å². The van der Waals surface area contributed by atoms with E-state index in [2.05, 4.69) is 9.88 Å². The van der Waals surface area contributed by atoms with Gasteiger partial charge in [-0.1, -0.05) is 35.5 Å². The second-order valence-corrected chi connectivity index (χ2v) is 10.0. The number of ether oxygens (including phenoxy) is 1. The van der Waals surface area contributed by atoms with Crippen LogP contribution in [0.5, 0.6) is 0 Å². The molecule has 9 heteroatoms. The van der Waals surface area contributed by atoms with Crippen LogP contribution in [0.15, 0.2) is 35.5 Å². The van der Waals surface area contributed by atoms with Gasteiger partial charge in [0.15, 0.2) is 5.16 Å². The lowest BCUT2D eigenvalue weighted by Gasteiger charge is -2.31. The molecule has 1 amide bonds. The SMILES string of the molecule is CCOC(=O)C1CCCN(C(=O)c2cccc(CSc3nc(Cl)cc(N4CCCCC4)n3)c2)C1. The summed E-state index contributed by atoms with van der Waals surface area (Å²) in [7, 11) is 0. The Morgan fingerprint density at radius 3 is 2.74 bits per heavy atom. The first-order valence-corrected chi connectivity index (χ1v) is 13.4. The Morgan fingerprint density at radius 1 is 1.12 bits per heavy atom. The minimum absolute atomic E-state index is 0.0489. The van der Waals surface area contributed by atoms with E-state index in [9.17, 15) is 9.59 Å². The quantitative estimate of drug-likeness (QED) is 0.232. The van der Waals surface area contributed by atoms with Crippen molar-refractivity contribution >= 4 is 41.1 Å². The normalized spacial score (nSPS) is 18.6. The number of carbonyl (C=O) groups excluding carboxylic acids is 2.